The highest BCUT2D eigenvalue weighted by Gasteiger charge is 2.14. The normalized spacial score (nSPS) is 11.7. The molecule has 0 aliphatic carbocycles. The minimum absolute atomic E-state index is 0.0274. The first-order valence-electron chi connectivity index (χ1n) is 6.07. The number of aryl methyl sites for hydroxylation is 2. The lowest BCUT2D eigenvalue weighted by Crippen LogP contribution is -2.23. The van der Waals surface area contributed by atoms with Crippen LogP contribution in [0.4, 0.5) is 0 Å². The van der Waals surface area contributed by atoms with Gasteiger partial charge < -0.3 is 4.42 Å². The van der Waals surface area contributed by atoms with E-state index in [4.69, 9.17) is 16.0 Å². The van der Waals surface area contributed by atoms with Crippen molar-refractivity contribution in [2.45, 2.75) is 24.8 Å². The van der Waals surface area contributed by atoms with Crippen LogP contribution in [0.2, 0.25) is 0 Å². The number of aromatic nitrogens is 1. The molecule has 0 saturated carbocycles. The first-order chi connectivity index (χ1) is 9.51. The summed E-state index contributed by atoms with van der Waals surface area (Å²) >= 11 is 5.64. The van der Waals surface area contributed by atoms with E-state index < -0.39 is 10.0 Å². The molecule has 2 rings (SSSR count). The third-order valence-electron chi connectivity index (χ3n) is 2.70. The van der Waals surface area contributed by atoms with Crippen LogP contribution in [0.15, 0.2) is 39.8 Å². The summed E-state index contributed by atoms with van der Waals surface area (Å²) in [5.41, 5.74) is 1.00. The van der Waals surface area contributed by atoms with Gasteiger partial charge in [-0.05, 0) is 31.0 Å². The summed E-state index contributed by atoms with van der Waals surface area (Å²) in [4.78, 5) is 4.15. The van der Waals surface area contributed by atoms with Crippen LogP contribution < -0.4 is 4.72 Å². The second-order valence-corrected chi connectivity index (χ2v) is 6.42. The van der Waals surface area contributed by atoms with Crippen LogP contribution in [-0.4, -0.2) is 19.3 Å². The fourth-order valence-corrected chi connectivity index (χ4v) is 2.86. The van der Waals surface area contributed by atoms with Crippen molar-refractivity contribution < 1.29 is 12.8 Å². The Bertz CT molecular complexity index is 665. The van der Waals surface area contributed by atoms with E-state index in [0.717, 1.165) is 5.56 Å². The molecule has 1 aromatic carbocycles. The number of alkyl halides is 1. The first-order valence-corrected chi connectivity index (χ1v) is 8.09. The van der Waals surface area contributed by atoms with Crippen molar-refractivity contribution in [2.75, 3.05) is 5.88 Å². The highest BCUT2D eigenvalue weighted by Crippen LogP contribution is 2.12. The summed E-state index contributed by atoms with van der Waals surface area (Å²) in [6.07, 6.45) is 2.26. The first kappa shape index (κ1) is 15.0. The van der Waals surface area contributed by atoms with E-state index in [-0.39, 0.29) is 11.4 Å². The fraction of sp³-hybridized carbons (Fsp3) is 0.308. The Morgan fingerprint density at radius 3 is 2.55 bits per heavy atom. The fourth-order valence-electron chi connectivity index (χ4n) is 1.67. The lowest BCUT2D eigenvalue weighted by molar-refractivity contribution is 0.463. The van der Waals surface area contributed by atoms with Gasteiger partial charge in [-0.25, -0.2) is 18.1 Å². The third-order valence-corrected chi connectivity index (χ3v) is 4.31. The van der Waals surface area contributed by atoms with Crippen LogP contribution in [0, 0.1) is 6.92 Å². The van der Waals surface area contributed by atoms with Gasteiger partial charge in [0.05, 0.1) is 17.6 Å². The molecule has 2 aromatic rings. The number of benzene rings is 1. The molecule has 0 spiro atoms. The van der Waals surface area contributed by atoms with Gasteiger partial charge in [-0.3, -0.25) is 0 Å². The maximum atomic E-state index is 12.1. The van der Waals surface area contributed by atoms with Gasteiger partial charge in [-0.2, -0.15) is 0 Å². The Morgan fingerprint density at radius 1 is 1.30 bits per heavy atom. The van der Waals surface area contributed by atoms with Crippen molar-refractivity contribution in [1.82, 2.24) is 9.71 Å². The molecule has 20 heavy (non-hydrogen) atoms. The second-order valence-electron chi connectivity index (χ2n) is 4.27. The molecule has 0 radical (unpaired) electrons. The molecule has 0 bridgehead atoms. The van der Waals surface area contributed by atoms with E-state index >= 15 is 0 Å². The largest absolute Gasteiger partial charge is 0.445 e. The highest BCUT2D eigenvalue weighted by molar-refractivity contribution is 7.89. The zero-order valence-electron chi connectivity index (χ0n) is 11.0. The Kier molecular flexibility index (Phi) is 4.80. The van der Waals surface area contributed by atoms with E-state index in [2.05, 4.69) is 9.71 Å². The molecule has 1 N–H and O–H groups in total. The molecule has 0 amide bonds. The topological polar surface area (TPSA) is 72.2 Å². The van der Waals surface area contributed by atoms with E-state index in [0.29, 0.717) is 24.0 Å². The maximum Gasteiger partial charge on any atom is 0.241 e. The number of halogens is 1. The average Bonchev–Trinajstić information content (AvgIpc) is 2.84. The van der Waals surface area contributed by atoms with Crippen molar-refractivity contribution >= 4 is 21.6 Å². The SMILES string of the molecule is Cc1cnc(CNS(=O)(=O)c2ccc(CCCl)cc2)o1. The van der Waals surface area contributed by atoms with Gasteiger partial charge in [0.15, 0.2) is 0 Å². The average molecular weight is 315 g/mol. The molecule has 0 unspecified atom stereocenters. The van der Waals surface area contributed by atoms with Crippen LogP contribution >= 0.6 is 11.6 Å². The quantitative estimate of drug-likeness (QED) is 0.830. The molecule has 0 fully saturated rings. The zero-order valence-corrected chi connectivity index (χ0v) is 12.5. The van der Waals surface area contributed by atoms with Gasteiger partial charge >= 0.3 is 0 Å². The van der Waals surface area contributed by atoms with E-state index in [9.17, 15) is 8.42 Å². The molecular weight excluding hydrogens is 300 g/mol. The van der Waals surface area contributed by atoms with Gasteiger partial charge in [0, 0.05) is 5.88 Å². The number of nitrogens with zero attached hydrogens (tertiary/aromatic N) is 1. The van der Waals surface area contributed by atoms with Crippen LogP contribution in [0.3, 0.4) is 0 Å². The summed E-state index contributed by atoms with van der Waals surface area (Å²) in [5, 5.41) is 0. The molecule has 1 aromatic heterocycles. The Balaban J connectivity index is 2.05. The van der Waals surface area contributed by atoms with Crippen molar-refractivity contribution in [2.24, 2.45) is 0 Å². The number of hydrogen-bond acceptors (Lipinski definition) is 4. The standard InChI is InChI=1S/C13H15ClN2O3S/c1-10-8-15-13(19-10)9-16-20(17,18)12-4-2-11(3-5-12)6-7-14/h2-5,8,16H,6-7,9H2,1H3. The van der Waals surface area contributed by atoms with E-state index in [1.54, 1.807) is 37.4 Å². The number of hydrogen-bond donors (Lipinski definition) is 1. The summed E-state index contributed by atoms with van der Waals surface area (Å²) in [7, 11) is -3.56. The van der Waals surface area contributed by atoms with Crippen molar-refractivity contribution in [3.63, 3.8) is 0 Å². The van der Waals surface area contributed by atoms with Crippen LogP contribution in [0.1, 0.15) is 17.2 Å². The molecule has 0 atom stereocenters. The van der Waals surface area contributed by atoms with Gasteiger partial charge in [-0.1, -0.05) is 12.1 Å². The lowest BCUT2D eigenvalue weighted by atomic mass is 10.2. The monoisotopic (exact) mass is 314 g/mol. The molecule has 7 heteroatoms. The van der Waals surface area contributed by atoms with Gasteiger partial charge in [0.25, 0.3) is 0 Å². The predicted molar refractivity (Wildman–Crippen MR) is 76.1 cm³/mol. The van der Waals surface area contributed by atoms with E-state index in [1.807, 2.05) is 0 Å². The van der Waals surface area contributed by atoms with Gasteiger partial charge in [0.2, 0.25) is 15.9 Å². The smallest absolute Gasteiger partial charge is 0.241 e. The van der Waals surface area contributed by atoms with Crippen molar-refractivity contribution in [3.8, 4) is 0 Å². The highest BCUT2D eigenvalue weighted by atomic mass is 35.5. The Labute approximate surface area is 123 Å². The predicted octanol–water partition coefficient (Wildman–Crippen LogP) is 2.24. The number of sulfonamides is 1. The molecule has 1 heterocycles. The number of oxazole rings is 1. The number of rotatable bonds is 6. The van der Waals surface area contributed by atoms with Crippen molar-refractivity contribution in [3.05, 3.63) is 47.7 Å². The summed E-state index contributed by atoms with van der Waals surface area (Å²) in [5.74, 6) is 1.49. The van der Waals surface area contributed by atoms with Crippen LogP contribution in [-0.2, 0) is 23.0 Å². The minimum atomic E-state index is -3.56. The van der Waals surface area contributed by atoms with Crippen molar-refractivity contribution in [1.29, 1.82) is 0 Å². The Morgan fingerprint density at radius 2 is 2.00 bits per heavy atom. The van der Waals surface area contributed by atoms with E-state index in [1.165, 1.54) is 0 Å². The van der Waals surface area contributed by atoms with Crippen LogP contribution in [0.5, 0.6) is 0 Å². The van der Waals surface area contributed by atoms with Crippen LogP contribution in [0.25, 0.3) is 0 Å². The molecule has 0 aliphatic heterocycles. The molecule has 0 aliphatic rings. The molecule has 5 nitrogen and oxygen atoms in total. The number of nitrogens with one attached hydrogen (secondary N) is 1. The van der Waals surface area contributed by atoms with Gasteiger partial charge in [0.1, 0.15) is 5.76 Å². The second kappa shape index (κ2) is 6.39. The Hall–Kier alpha value is -1.37. The summed E-state index contributed by atoms with van der Waals surface area (Å²) in [6, 6.07) is 6.63. The maximum absolute atomic E-state index is 12.1. The zero-order chi connectivity index (χ0) is 14.6. The molecule has 108 valence electrons. The minimum Gasteiger partial charge on any atom is -0.445 e. The van der Waals surface area contributed by atoms with Gasteiger partial charge in [-0.15, -0.1) is 11.6 Å². The summed E-state index contributed by atoms with van der Waals surface area (Å²) < 4.78 is 31.8. The molecular formula is C13H15ClN2O3S. The lowest BCUT2D eigenvalue weighted by Gasteiger charge is -2.06. The molecule has 0 saturated heterocycles. The summed E-state index contributed by atoms with van der Waals surface area (Å²) in [6.45, 7) is 1.78. The third kappa shape index (κ3) is 3.82.